The van der Waals surface area contributed by atoms with Gasteiger partial charge in [0.25, 0.3) is 0 Å². The minimum absolute atomic E-state index is 0.00878. The largest absolute Gasteiger partial charge is 0.495 e. The maximum atomic E-state index is 12.8. The first-order valence-corrected chi connectivity index (χ1v) is 10.5. The molecular formula is C22H33N3O3. The van der Waals surface area contributed by atoms with Crippen LogP contribution < -0.4 is 15.0 Å². The number of carbonyl (C=O) groups excluding carboxylic acids is 2. The Morgan fingerprint density at radius 1 is 1.29 bits per heavy atom. The van der Waals surface area contributed by atoms with Crippen LogP contribution in [-0.2, 0) is 9.59 Å². The van der Waals surface area contributed by atoms with Crippen molar-refractivity contribution in [3.05, 3.63) is 23.8 Å². The lowest BCUT2D eigenvalue weighted by molar-refractivity contribution is -0.127. The number of ether oxygens (including phenoxy) is 1. The van der Waals surface area contributed by atoms with Crippen molar-refractivity contribution in [1.82, 2.24) is 10.2 Å². The van der Waals surface area contributed by atoms with E-state index in [0.29, 0.717) is 12.3 Å². The molecule has 0 aliphatic carbocycles. The summed E-state index contributed by atoms with van der Waals surface area (Å²) in [5, 5.41) is 3.19. The summed E-state index contributed by atoms with van der Waals surface area (Å²) in [5.74, 6) is 0.364. The Kier molecular flexibility index (Phi) is 6.94. The number of benzene rings is 1. The zero-order valence-corrected chi connectivity index (χ0v) is 17.4. The Labute approximate surface area is 168 Å². The van der Waals surface area contributed by atoms with Crippen molar-refractivity contribution in [1.29, 1.82) is 0 Å². The highest BCUT2D eigenvalue weighted by molar-refractivity contribution is 6.01. The van der Waals surface area contributed by atoms with Crippen molar-refractivity contribution in [2.75, 3.05) is 38.2 Å². The van der Waals surface area contributed by atoms with Gasteiger partial charge in [0, 0.05) is 32.1 Å². The van der Waals surface area contributed by atoms with Crippen LogP contribution in [0.2, 0.25) is 0 Å². The maximum Gasteiger partial charge on any atom is 0.227 e. The third kappa shape index (κ3) is 4.85. The molecule has 3 rings (SSSR count). The number of anilines is 1. The number of likely N-dealkylation sites (tertiary alicyclic amines) is 1. The van der Waals surface area contributed by atoms with E-state index in [1.807, 2.05) is 25.1 Å². The van der Waals surface area contributed by atoms with Crippen LogP contribution in [0.4, 0.5) is 5.69 Å². The van der Waals surface area contributed by atoms with Gasteiger partial charge in [-0.2, -0.15) is 0 Å². The summed E-state index contributed by atoms with van der Waals surface area (Å²) in [6.07, 6.45) is 4.70. The second-order valence-electron chi connectivity index (χ2n) is 8.06. The number of piperidine rings is 1. The first-order valence-electron chi connectivity index (χ1n) is 10.5. The Balaban J connectivity index is 1.55. The highest BCUT2D eigenvalue weighted by Crippen LogP contribution is 2.34. The Morgan fingerprint density at radius 2 is 2.04 bits per heavy atom. The summed E-state index contributed by atoms with van der Waals surface area (Å²) in [4.78, 5) is 29.5. The molecule has 2 heterocycles. The first-order chi connectivity index (χ1) is 13.5. The summed E-state index contributed by atoms with van der Waals surface area (Å²) < 4.78 is 5.42. The molecule has 154 valence electrons. The van der Waals surface area contributed by atoms with Gasteiger partial charge in [0.15, 0.2) is 0 Å². The number of carbonyl (C=O) groups is 2. The van der Waals surface area contributed by atoms with Gasteiger partial charge in [-0.15, -0.1) is 0 Å². The molecule has 1 atom stereocenters. The van der Waals surface area contributed by atoms with Gasteiger partial charge < -0.3 is 19.9 Å². The van der Waals surface area contributed by atoms with E-state index >= 15 is 0 Å². The minimum atomic E-state index is -0.296. The molecule has 6 nitrogen and oxygen atoms in total. The summed E-state index contributed by atoms with van der Waals surface area (Å²) in [6, 6.07) is 6.00. The lowest BCUT2D eigenvalue weighted by Crippen LogP contribution is -2.46. The molecule has 2 aliphatic heterocycles. The van der Waals surface area contributed by atoms with Crippen LogP contribution in [0, 0.1) is 12.8 Å². The average Bonchev–Trinajstić information content (AvgIpc) is 3.09. The van der Waals surface area contributed by atoms with E-state index in [1.54, 1.807) is 12.0 Å². The van der Waals surface area contributed by atoms with E-state index in [9.17, 15) is 9.59 Å². The van der Waals surface area contributed by atoms with Gasteiger partial charge >= 0.3 is 0 Å². The number of unbranched alkanes of at least 4 members (excludes halogenated alkanes) is 1. The smallest absolute Gasteiger partial charge is 0.227 e. The Morgan fingerprint density at radius 3 is 2.71 bits per heavy atom. The van der Waals surface area contributed by atoms with Crippen LogP contribution >= 0.6 is 0 Å². The second kappa shape index (κ2) is 9.41. The van der Waals surface area contributed by atoms with Crippen LogP contribution in [0.5, 0.6) is 5.75 Å². The van der Waals surface area contributed by atoms with Gasteiger partial charge in [-0.05, 0) is 50.4 Å². The number of hydrogen-bond donors (Lipinski definition) is 1. The summed E-state index contributed by atoms with van der Waals surface area (Å²) in [7, 11) is 1.60. The molecule has 28 heavy (non-hydrogen) atoms. The predicted molar refractivity (Wildman–Crippen MR) is 111 cm³/mol. The van der Waals surface area contributed by atoms with Crippen molar-refractivity contribution in [3.8, 4) is 5.75 Å². The highest BCUT2D eigenvalue weighted by Gasteiger charge is 2.37. The molecule has 2 aliphatic rings. The van der Waals surface area contributed by atoms with E-state index in [4.69, 9.17) is 4.74 Å². The molecule has 0 spiro atoms. The molecule has 0 saturated carbocycles. The third-order valence-corrected chi connectivity index (χ3v) is 5.88. The van der Waals surface area contributed by atoms with Crippen LogP contribution in [0.25, 0.3) is 0 Å². The van der Waals surface area contributed by atoms with Crippen molar-refractivity contribution in [2.24, 2.45) is 5.92 Å². The quantitative estimate of drug-likeness (QED) is 0.781. The number of nitrogens with zero attached hydrogens (tertiary/aromatic N) is 2. The second-order valence-corrected chi connectivity index (χ2v) is 8.06. The van der Waals surface area contributed by atoms with Crippen molar-refractivity contribution in [3.63, 3.8) is 0 Å². The van der Waals surface area contributed by atoms with E-state index in [0.717, 1.165) is 43.7 Å². The van der Waals surface area contributed by atoms with Crippen LogP contribution in [0.1, 0.15) is 44.6 Å². The van der Waals surface area contributed by atoms with Gasteiger partial charge in [-0.25, -0.2) is 0 Å². The van der Waals surface area contributed by atoms with Gasteiger partial charge in [-0.1, -0.05) is 19.4 Å². The standard InChI is InChI=1S/C22H33N3O3/c1-4-5-10-24-11-8-18(9-12-24)23-22(27)17-14-21(26)25(15-17)19-13-16(2)6-7-20(19)28-3/h6-7,13,17-18H,4-5,8-12,14-15H2,1-3H3,(H,23,27). The maximum absolute atomic E-state index is 12.8. The van der Waals surface area contributed by atoms with Gasteiger partial charge in [0.05, 0.1) is 18.7 Å². The number of hydrogen-bond acceptors (Lipinski definition) is 4. The van der Waals surface area contributed by atoms with E-state index in [-0.39, 0.29) is 30.2 Å². The average molecular weight is 388 g/mol. The molecule has 2 amide bonds. The van der Waals surface area contributed by atoms with Gasteiger partial charge in [0.1, 0.15) is 5.75 Å². The molecule has 1 aromatic carbocycles. The molecule has 0 radical (unpaired) electrons. The van der Waals surface area contributed by atoms with Crippen LogP contribution in [-0.4, -0.2) is 56.0 Å². The normalized spacial score (nSPS) is 21.2. The molecule has 2 saturated heterocycles. The number of nitrogens with one attached hydrogen (secondary N) is 1. The van der Waals surface area contributed by atoms with Crippen molar-refractivity contribution >= 4 is 17.5 Å². The summed E-state index contributed by atoms with van der Waals surface area (Å²) >= 11 is 0. The number of amides is 2. The molecule has 1 unspecified atom stereocenters. The fourth-order valence-electron chi connectivity index (χ4n) is 4.13. The van der Waals surface area contributed by atoms with Gasteiger partial charge in [0.2, 0.25) is 11.8 Å². The number of methoxy groups -OCH3 is 1. The molecule has 2 fully saturated rings. The fourth-order valence-corrected chi connectivity index (χ4v) is 4.13. The zero-order chi connectivity index (χ0) is 20.1. The van der Waals surface area contributed by atoms with Crippen molar-refractivity contribution < 1.29 is 14.3 Å². The zero-order valence-electron chi connectivity index (χ0n) is 17.4. The minimum Gasteiger partial charge on any atom is -0.495 e. The van der Waals surface area contributed by atoms with Crippen LogP contribution in [0.15, 0.2) is 18.2 Å². The number of aryl methyl sites for hydroxylation is 1. The molecule has 1 aromatic rings. The number of rotatable bonds is 7. The van der Waals surface area contributed by atoms with Crippen LogP contribution in [0.3, 0.4) is 0 Å². The summed E-state index contributed by atoms with van der Waals surface area (Å²) in [6.45, 7) is 7.86. The van der Waals surface area contributed by atoms with Gasteiger partial charge in [-0.3, -0.25) is 9.59 Å². The van der Waals surface area contributed by atoms with E-state index in [1.165, 1.54) is 12.8 Å². The highest BCUT2D eigenvalue weighted by atomic mass is 16.5. The third-order valence-electron chi connectivity index (χ3n) is 5.88. The van der Waals surface area contributed by atoms with E-state index in [2.05, 4.69) is 17.1 Å². The fraction of sp³-hybridized carbons (Fsp3) is 0.636. The molecule has 6 heteroatoms. The Hall–Kier alpha value is -2.08. The molecule has 1 N–H and O–H groups in total. The monoisotopic (exact) mass is 387 g/mol. The van der Waals surface area contributed by atoms with Crippen molar-refractivity contribution in [2.45, 2.75) is 52.0 Å². The first kappa shape index (κ1) is 20.6. The van der Waals surface area contributed by atoms with E-state index < -0.39 is 0 Å². The topological polar surface area (TPSA) is 61.9 Å². The predicted octanol–water partition coefficient (Wildman–Crippen LogP) is 2.74. The summed E-state index contributed by atoms with van der Waals surface area (Å²) in [5.41, 5.74) is 1.82. The SMILES string of the molecule is CCCCN1CCC(NC(=O)C2CC(=O)N(c3cc(C)ccc3OC)C2)CC1. The lowest BCUT2D eigenvalue weighted by Gasteiger charge is -2.32. The Bertz CT molecular complexity index is 698. The molecular weight excluding hydrogens is 354 g/mol. The lowest BCUT2D eigenvalue weighted by atomic mass is 10.0. The molecule has 0 bridgehead atoms. The molecule has 0 aromatic heterocycles.